The van der Waals surface area contributed by atoms with E-state index in [1.807, 2.05) is 0 Å². The van der Waals surface area contributed by atoms with Crippen LogP contribution < -0.4 is 10.5 Å². The Morgan fingerprint density at radius 1 is 1.53 bits per heavy atom. The second-order valence-corrected chi connectivity index (χ2v) is 5.35. The highest BCUT2D eigenvalue weighted by molar-refractivity contribution is 7.89. The molecule has 1 rings (SSSR count). The number of nitrogens with zero attached hydrogens (tertiary/aromatic N) is 1. The lowest BCUT2D eigenvalue weighted by Crippen LogP contribution is -2.53. The second kappa shape index (κ2) is 5.00. The van der Waals surface area contributed by atoms with Gasteiger partial charge in [0.05, 0.1) is 24.9 Å². The van der Waals surface area contributed by atoms with Gasteiger partial charge in [0.1, 0.15) is 10.7 Å². The number of anilines is 1. The van der Waals surface area contributed by atoms with Gasteiger partial charge in [0.2, 0.25) is 10.0 Å². The highest BCUT2D eigenvalue weighted by atomic mass is 32.2. The van der Waals surface area contributed by atoms with Crippen molar-refractivity contribution in [2.45, 2.75) is 23.8 Å². The van der Waals surface area contributed by atoms with Gasteiger partial charge in [-0.1, -0.05) is 6.92 Å². The summed E-state index contributed by atoms with van der Waals surface area (Å²) in [5.74, 6) is -0.0987. The maximum Gasteiger partial charge on any atom is 0.246 e. The van der Waals surface area contributed by atoms with Crippen LogP contribution in [0, 0.1) is 0 Å². The Morgan fingerprint density at radius 2 is 2.12 bits per heavy atom. The predicted molar refractivity (Wildman–Crippen MR) is 60.5 cm³/mol. The number of aliphatic hydroxyl groups excluding tert-OH is 2. The molecule has 8 nitrogen and oxygen atoms in total. The fourth-order valence-corrected chi connectivity index (χ4v) is 2.73. The number of sulfonamides is 1. The third-order valence-electron chi connectivity index (χ3n) is 2.55. The van der Waals surface area contributed by atoms with Crippen molar-refractivity contribution in [3.05, 3.63) is 6.20 Å². The predicted octanol–water partition coefficient (Wildman–Crippen LogP) is -1.60. The molecular weight excluding hydrogens is 248 g/mol. The lowest BCUT2D eigenvalue weighted by molar-refractivity contribution is 0.105. The first-order valence-electron chi connectivity index (χ1n) is 4.95. The van der Waals surface area contributed by atoms with E-state index in [1.165, 1.54) is 0 Å². The first-order valence-corrected chi connectivity index (χ1v) is 6.43. The molecule has 0 aliphatic carbocycles. The molecule has 98 valence electrons. The van der Waals surface area contributed by atoms with Gasteiger partial charge >= 0.3 is 0 Å². The minimum atomic E-state index is -3.93. The summed E-state index contributed by atoms with van der Waals surface area (Å²) in [5, 5.41) is 24.1. The van der Waals surface area contributed by atoms with Crippen molar-refractivity contribution in [3.8, 4) is 0 Å². The fourth-order valence-electron chi connectivity index (χ4n) is 1.25. The molecule has 0 radical (unpaired) electrons. The number of rotatable bonds is 6. The molecule has 17 heavy (non-hydrogen) atoms. The normalized spacial score (nSPS) is 12.9. The SMILES string of the molecule is CCC(CO)(CO)NS(=O)(=O)c1cn[nH]c1N. The number of nitrogens with two attached hydrogens (primary N) is 1. The number of aromatic amines is 1. The lowest BCUT2D eigenvalue weighted by Gasteiger charge is -2.28. The lowest BCUT2D eigenvalue weighted by atomic mass is 10.0. The van der Waals surface area contributed by atoms with Crippen molar-refractivity contribution in [1.29, 1.82) is 0 Å². The van der Waals surface area contributed by atoms with Crippen LogP contribution in [0.3, 0.4) is 0 Å². The molecule has 0 bridgehead atoms. The van der Waals surface area contributed by atoms with Crippen molar-refractivity contribution >= 4 is 15.8 Å². The minimum Gasteiger partial charge on any atom is -0.394 e. The molecule has 6 N–H and O–H groups in total. The van der Waals surface area contributed by atoms with Crippen LogP contribution in [0.1, 0.15) is 13.3 Å². The Balaban J connectivity index is 3.05. The first-order chi connectivity index (χ1) is 7.90. The summed E-state index contributed by atoms with van der Waals surface area (Å²) in [6.45, 7) is 0.613. The third kappa shape index (κ3) is 2.75. The Labute approximate surface area is 98.9 Å². The van der Waals surface area contributed by atoms with Crippen LogP contribution in [0.4, 0.5) is 5.82 Å². The number of hydrogen-bond donors (Lipinski definition) is 5. The molecule has 1 heterocycles. The number of aliphatic hydroxyl groups is 2. The van der Waals surface area contributed by atoms with Crippen molar-refractivity contribution in [3.63, 3.8) is 0 Å². The van der Waals surface area contributed by atoms with Gasteiger partial charge in [-0.2, -0.15) is 5.10 Å². The Morgan fingerprint density at radius 3 is 2.47 bits per heavy atom. The maximum absolute atomic E-state index is 11.9. The van der Waals surface area contributed by atoms with E-state index in [-0.39, 0.29) is 17.1 Å². The molecule has 0 saturated heterocycles. The van der Waals surface area contributed by atoms with Crippen molar-refractivity contribution in [1.82, 2.24) is 14.9 Å². The van der Waals surface area contributed by atoms with E-state index in [2.05, 4.69) is 14.9 Å². The van der Waals surface area contributed by atoms with E-state index >= 15 is 0 Å². The van der Waals surface area contributed by atoms with Crippen molar-refractivity contribution < 1.29 is 18.6 Å². The summed E-state index contributed by atoms with van der Waals surface area (Å²) in [6, 6.07) is 0. The highest BCUT2D eigenvalue weighted by Crippen LogP contribution is 2.18. The molecular formula is C8H16N4O4S. The van der Waals surface area contributed by atoms with E-state index in [9.17, 15) is 8.42 Å². The number of hydrogen-bond acceptors (Lipinski definition) is 6. The van der Waals surface area contributed by atoms with Crippen molar-refractivity contribution in [2.24, 2.45) is 0 Å². The standard InChI is InChI=1S/C8H16N4O4S/c1-2-8(4-13,5-14)12-17(15,16)6-3-10-11-7(6)9/h3,12-14H,2,4-5H2,1H3,(H3,9,10,11). The summed E-state index contributed by atoms with van der Waals surface area (Å²) >= 11 is 0. The molecule has 1 aromatic heterocycles. The van der Waals surface area contributed by atoms with Crippen LogP contribution in [0.5, 0.6) is 0 Å². The van der Waals surface area contributed by atoms with Gasteiger partial charge in [-0.15, -0.1) is 0 Å². The van der Waals surface area contributed by atoms with Crippen LogP contribution in [-0.4, -0.2) is 47.6 Å². The number of nitrogen functional groups attached to an aromatic ring is 1. The Bertz CT molecular complexity index is 457. The van der Waals surface area contributed by atoms with E-state index in [0.29, 0.717) is 0 Å². The van der Waals surface area contributed by atoms with Gasteiger partial charge < -0.3 is 15.9 Å². The average Bonchev–Trinajstić information content (AvgIpc) is 2.73. The van der Waals surface area contributed by atoms with Crippen molar-refractivity contribution in [2.75, 3.05) is 18.9 Å². The summed E-state index contributed by atoms with van der Waals surface area (Å²) < 4.78 is 26.1. The van der Waals surface area contributed by atoms with Crippen LogP contribution in [0.2, 0.25) is 0 Å². The van der Waals surface area contributed by atoms with Gasteiger partial charge in [0, 0.05) is 0 Å². The second-order valence-electron chi connectivity index (χ2n) is 3.70. The summed E-state index contributed by atoms with van der Waals surface area (Å²) in [5.41, 5.74) is 4.10. The third-order valence-corrected chi connectivity index (χ3v) is 4.16. The number of nitrogens with one attached hydrogen (secondary N) is 2. The Kier molecular flexibility index (Phi) is 4.09. The van der Waals surface area contributed by atoms with Gasteiger partial charge in [-0.25, -0.2) is 13.1 Å². The number of aromatic nitrogens is 2. The molecule has 0 unspecified atom stereocenters. The molecule has 1 aromatic rings. The minimum absolute atomic E-state index is 0.0987. The molecule has 0 spiro atoms. The number of H-pyrrole nitrogens is 1. The van der Waals surface area contributed by atoms with Gasteiger partial charge in [-0.3, -0.25) is 5.10 Å². The van der Waals surface area contributed by atoms with Gasteiger partial charge in [-0.05, 0) is 6.42 Å². The zero-order valence-corrected chi connectivity index (χ0v) is 10.2. The first kappa shape index (κ1) is 13.9. The summed E-state index contributed by atoms with van der Waals surface area (Å²) in [6.07, 6.45) is 1.30. The van der Waals surface area contributed by atoms with Crippen LogP contribution in [-0.2, 0) is 10.0 Å². The van der Waals surface area contributed by atoms with E-state index in [1.54, 1.807) is 6.92 Å². The summed E-state index contributed by atoms with van der Waals surface area (Å²) in [4.78, 5) is -0.211. The van der Waals surface area contributed by atoms with E-state index in [0.717, 1.165) is 6.20 Å². The average molecular weight is 264 g/mol. The monoisotopic (exact) mass is 264 g/mol. The van der Waals surface area contributed by atoms with E-state index < -0.39 is 28.8 Å². The summed E-state index contributed by atoms with van der Waals surface area (Å²) in [7, 11) is -3.93. The zero-order chi connectivity index (χ0) is 13.1. The largest absolute Gasteiger partial charge is 0.394 e. The van der Waals surface area contributed by atoms with Gasteiger partial charge in [0.25, 0.3) is 0 Å². The maximum atomic E-state index is 11.9. The molecule has 0 atom stereocenters. The molecule has 0 amide bonds. The molecule has 0 aliphatic rings. The van der Waals surface area contributed by atoms with Crippen LogP contribution >= 0.6 is 0 Å². The van der Waals surface area contributed by atoms with E-state index in [4.69, 9.17) is 15.9 Å². The fraction of sp³-hybridized carbons (Fsp3) is 0.625. The van der Waals surface area contributed by atoms with Gasteiger partial charge in [0.15, 0.2) is 0 Å². The molecule has 0 aliphatic heterocycles. The molecule has 0 saturated carbocycles. The van der Waals surface area contributed by atoms with Crippen LogP contribution in [0.25, 0.3) is 0 Å². The molecule has 0 aromatic carbocycles. The highest BCUT2D eigenvalue weighted by Gasteiger charge is 2.34. The topological polar surface area (TPSA) is 141 Å². The zero-order valence-electron chi connectivity index (χ0n) is 9.34. The molecule has 9 heteroatoms. The van der Waals surface area contributed by atoms with Crippen LogP contribution in [0.15, 0.2) is 11.1 Å². The molecule has 0 fully saturated rings. The smallest absolute Gasteiger partial charge is 0.246 e. The Hall–Kier alpha value is -1.16. The quantitative estimate of drug-likeness (QED) is 0.419.